The third-order valence-electron chi connectivity index (χ3n) is 3.03. The molecule has 0 spiro atoms. The van der Waals surface area contributed by atoms with Crippen LogP contribution in [0.2, 0.25) is 0 Å². The number of hydrogen-bond donors (Lipinski definition) is 0. The van der Waals surface area contributed by atoms with Crippen molar-refractivity contribution >= 4 is 11.6 Å². The first-order valence-corrected chi connectivity index (χ1v) is 6.57. The molecule has 2 aromatic carbocycles. The van der Waals surface area contributed by atoms with Gasteiger partial charge in [0, 0.05) is 0 Å². The maximum Gasteiger partial charge on any atom is 0.165 e. The van der Waals surface area contributed by atoms with Gasteiger partial charge in [0.2, 0.25) is 0 Å². The van der Waals surface area contributed by atoms with Crippen LogP contribution in [0, 0.1) is 12.7 Å². The Morgan fingerprint density at radius 2 is 2.00 bits per heavy atom. The number of alkyl halides is 1. The van der Waals surface area contributed by atoms with Crippen molar-refractivity contribution in [2.45, 2.75) is 18.7 Å². The SMILES string of the molecule is COc1ccc(C(Cl)Cc2cccc(C)c2)cc1F. The maximum absolute atomic E-state index is 13.6. The zero-order valence-corrected chi connectivity index (χ0v) is 11.7. The van der Waals surface area contributed by atoms with Crippen molar-refractivity contribution in [1.29, 1.82) is 0 Å². The van der Waals surface area contributed by atoms with Gasteiger partial charge in [-0.1, -0.05) is 35.9 Å². The molecule has 0 amide bonds. The highest BCUT2D eigenvalue weighted by Gasteiger charge is 2.12. The van der Waals surface area contributed by atoms with Gasteiger partial charge in [-0.05, 0) is 36.6 Å². The molecule has 1 unspecified atom stereocenters. The Hall–Kier alpha value is -1.54. The predicted molar refractivity (Wildman–Crippen MR) is 76.4 cm³/mol. The summed E-state index contributed by atoms with van der Waals surface area (Å²) < 4.78 is 18.5. The van der Waals surface area contributed by atoms with E-state index in [1.807, 2.05) is 25.1 Å². The van der Waals surface area contributed by atoms with Crippen LogP contribution in [0.1, 0.15) is 22.1 Å². The van der Waals surface area contributed by atoms with Crippen molar-refractivity contribution < 1.29 is 9.13 Å². The first-order valence-electron chi connectivity index (χ1n) is 6.13. The summed E-state index contributed by atoms with van der Waals surface area (Å²) in [5.74, 6) is -0.141. The lowest BCUT2D eigenvalue weighted by atomic mass is 10.0. The molecule has 2 aromatic rings. The first-order chi connectivity index (χ1) is 9.10. The molecule has 0 aliphatic heterocycles. The van der Waals surface area contributed by atoms with E-state index in [4.69, 9.17) is 16.3 Å². The molecule has 0 fully saturated rings. The topological polar surface area (TPSA) is 9.23 Å². The number of aryl methyl sites for hydroxylation is 1. The Labute approximate surface area is 118 Å². The number of ether oxygens (including phenoxy) is 1. The Kier molecular flexibility index (Phi) is 4.43. The predicted octanol–water partition coefficient (Wildman–Crippen LogP) is 4.67. The van der Waals surface area contributed by atoms with Gasteiger partial charge in [0.15, 0.2) is 11.6 Å². The summed E-state index contributed by atoms with van der Waals surface area (Å²) in [4.78, 5) is 0. The minimum atomic E-state index is -0.380. The van der Waals surface area contributed by atoms with Crippen LogP contribution in [0.15, 0.2) is 42.5 Å². The van der Waals surface area contributed by atoms with E-state index in [9.17, 15) is 4.39 Å². The van der Waals surface area contributed by atoms with Gasteiger partial charge >= 0.3 is 0 Å². The van der Waals surface area contributed by atoms with Crippen molar-refractivity contribution in [3.05, 3.63) is 65.0 Å². The molecule has 3 heteroatoms. The quantitative estimate of drug-likeness (QED) is 0.739. The van der Waals surface area contributed by atoms with Gasteiger partial charge < -0.3 is 4.74 Å². The van der Waals surface area contributed by atoms with Gasteiger partial charge in [-0.25, -0.2) is 4.39 Å². The third kappa shape index (κ3) is 3.48. The normalized spacial score (nSPS) is 12.2. The fraction of sp³-hybridized carbons (Fsp3) is 0.250. The lowest BCUT2D eigenvalue weighted by molar-refractivity contribution is 0.386. The molecule has 0 aliphatic carbocycles. The van der Waals surface area contributed by atoms with Gasteiger partial charge in [0.1, 0.15) is 0 Å². The largest absolute Gasteiger partial charge is 0.494 e. The first kappa shape index (κ1) is 13.9. The van der Waals surface area contributed by atoms with Crippen LogP contribution in [-0.2, 0) is 6.42 Å². The fourth-order valence-corrected chi connectivity index (χ4v) is 2.36. The van der Waals surface area contributed by atoms with Crippen LogP contribution in [-0.4, -0.2) is 7.11 Å². The van der Waals surface area contributed by atoms with Crippen LogP contribution in [0.4, 0.5) is 4.39 Å². The van der Waals surface area contributed by atoms with Gasteiger partial charge in [0.05, 0.1) is 12.5 Å². The molecular formula is C16H16ClFO. The molecule has 0 saturated heterocycles. The number of methoxy groups -OCH3 is 1. The summed E-state index contributed by atoms with van der Waals surface area (Å²) in [6.45, 7) is 2.04. The smallest absolute Gasteiger partial charge is 0.165 e. The number of halogens is 2. The summed E-state index contributed by atoms with van der Waals surface area (Å²) in [5.41, 5.74) is 3.11. The monoisotopic (exact) mass is 278 g/mol. The molecule has 0 N–H and O–H groups in total. The molecule has 100 valence electrons. The minimum Gasteiger partial charge on any atom is -0.494 e. The number of rotatable bonds is 4. The van der Waals surface area contributed by atoms with Crippen molar-refractivity contribution in [2.24, 2.45) is 0 Å². The Morgan fingerprint density at radius 3 is 2.63 bits per heavy atom. The van der Waals surface area contributed by atoms with Crippen LogP contribution < -0.4 is 4.74 Å². The van der Waals surface area contributed by atoms with E-state index in [2.05, 4.69) is 6.07 Å². The summed E-state index contributed by atoms with van der Waals surface area (Å²) in [7, 11) is 1.45. The second-order valence-corrected chi connectivity index (χ2v) is 5.08. The second-order valence-electron chi connectivity index (χ2n) is 4.55. The van der Waals surface area contributed by atoms with Crippen LogP contribution in [0.5, 0.6) is 5.75 Å². The Bertz CT molecular complexity index is 568. The summed E-state index contributed by atoms with van der Waals surface area (Å²) >= 11 is 6.35. The van der Waals surface area contributed by atoms with Crippen molar-refractivity contribution in [2.75, 3.05) is 7.11 Å². The van der Waals surface area contributed by atoms with Crippen LogP contribution in [0.3, 0.4) is 0 Å². The summed E-state index contributed by atoms with van der Waals surface area (Å²) in [6.07, 6.45) is 0.676. The van der Waals surface area contributed by atoms with Crippen molar-refractivity contribution in [3.63, 3.8) is 0 Å². The molecule has 0 bridgehead atoms. The van der Waals surface area contributed by atoms with Crippen LogP contribution >= 0.6 is 11.6 Å². The number of benzene rings is 2. The van der Waals surface area contributed by atoms with Crippen molar-refractivity contribution in [1.82, 2.24) is 0 Å². The van der Waals surface area contributed by atoms with Gasteiger partial charge in [-0.3, -0.25) is 0 Å². The molecule has 0 aliphatic rings. The average Bonchev–Trinajstić information content (AvgIpc) is 2.38. The molecule has 2 rings (SSSR count). The van der Waals surface area contributed by atoms with E-state index in [1.54, 1.807) is 12.1 Å². The standard InChI is InChI=1S/C16H16ClFO/c1-11-4-3-5-12(8-11)9-14(17)13-6-7-16(19-2)15(18)10-13/h3-8,10,14H,9H2,1-2H3. The lowest BCUT2D eigenvalue weighted by Gasteiger charge is -2.12. The zero-order chi connectivity index (χ0) is 13.8. The van der Waals surface area contributed by atoms with Gasteiger partial charge in [-0.2, -0.15) is 0 Å². The van der Waals surface area contributed by atoms with E-state index >= 15 is 0 Å². The molecule has 1 nitrogen and oxygen atoms in total. The van der Waals surface area contributed by atoms with E-state index < -0.39 is 0 Å². The third-order valence-corrected chi connectivity index (χ3v) is 3.44. The number of hydrogen-bond acceptors (Lipinski definition) is 1. The van der Waals surface area contributed by atoms with E-state index in [-0.39, 0.29) is 16.9 Å². The average molecular weight is 279 g/mol. The fourth-order valence-electron chi connectivity index (χ4n) is 2.04. The van der Waals surface area contributed by atoms with E-state index in [1.165, 1.54) is 18.7 Å². The van der Waals surface area contributed by atoms with Gasteiger partial charge in [0.25, 0.3) is 0 Å². The van der Waals surface area contributed by atoms with E-state index in [0.717, 1.165) is 11.1 Å². The lowest BCUT2D eigenvalue weighted by Crippen LogP contribution is -1.98. The highest BCUT2D eigenvalue weighted by molar-refractivity contribution is 6.20. The second kappa shape index (κ2) is 6.07. The summed E-state index contributed by atoms with van der Waals surface area (Å²) in [6, 6.07) is 13.0. The van der Waals surface area contributed by atoms with Gasteiger partial charge in [-0.15, -0.1) is 11.6 Å². The molecule has 1 atom stereocenters. The molecule has 0 saturated carbocycles. The minimum absolute atomic E-state index is 0.239. The summed E-state index contributed by atoms with van der Waals surface area (Å²) in [5, 5.41) is -0.248. The van der Waals surface area contributed by atoms with E-state index in [0.29, 0.717) is 6.42 Å². The molecule has 19 heavy (non-hydrogen) atoms. The Morgan fingerprint density at radius 1 is 1.21 bits per heavy atom. The molecule has 0 heterocycles. The van der Waals surface area contributed by atoms with Crippen molar-refractivity contribution in [3.8, 4) is 5.75 Å². The maximum atomic E-state index is 13.6. The molecule has 0 aromatic heterocycles. The zero-order valence-electron chi connectivity index (χ0n) is 11.0. The Balaban J connectivity index is 2.15. The highest BCUT2D eigenvalue weighted by Crippen LogP contribution is 2.28. The van der Waals surface area contributed by atoms with Crippen LogP contribution in [0.25, 0.3) is 0 Å². The molecular weight excluding hydrogens is 263 g/mol. The highest BCUT2D eigenvalue weighted by atomic mass is 35.5. The molecule has 0 radical (unpaired) electrons.